The monoisotopic (exact) mass is 555 g/mol. The molecule has 4 aromatic rings. The summed E-state index contributed by atoms with van der Waals surface area (Å²) in [4.78, 5) is 43.7. The largest absolute Gasteiger partial charge is 0.341 e. The molecule has 9 nitrogen and oxygen atoms in total. The molecule has 0 spiro atoms. The maximum absolute atomic E-state index is 14.5. The molecule has 0 radical (unpaired) electrons. The second-order valence-electron chi connectivity index (χ2n) is 9.77. The SMILES string of the molecule is O=C1NC(=O)/C(=C/c2ccnc(N3CCC(CNCc4cc(F)cc(-c5cncc6ccccc56)n4)CC3)n2)S1. The molecule has 40 heavy (non-hydrogen) atoms. The Morgan fingerprint density at radius 3 is 2.77 bits per heavy atom. The van der Waals surface area contributed by atoms with Crippen LogP contribution in [-0.2, 0) is 11.3 Å². The van der Waals surface area contributed by atoms with E-state index in [1.54, 1.807) is 30.7 Å². The molecule has 2 amide bonds. The van der Waals surface area contributed by atoms with Crippen LogP contribution in [0.5, 0.6) is 0 Å². The van der Waals surface area contributed by atoms with E-state index in [1.165, 1.54) is 12.1 Å². The Labute approximate surface area is 234 Å². The summed E-state index contributed by atoms with van der Waals surface area (Å²) in [6, 6.07) is 12.5. The van der Waals surface area contributed by atoms with Crippen molar-refractivity contribution in [1.82, 2.24) is 30.6 Å². The van der Waals surface area contributed by atoms with Gasteiger partial charge in [-0.2, -0.15) is 0 Å². The first-order valence-electron chi connectivity index (χ1n) is 13.0. The van der Waals surface area contributed by atoms with Crippen LogP contribution in [0, 0.1) is 11.7 Å². The minimum absolute atomic E-state index is 0.320. The van der Waals surface area contributed by atoms with E-state index in [0.717, 1.165) is 60.6 Å². The smallest absolute Gasteiger partial charge is 0.290 e. The number of amides is 2. The lowest BCUT2D eigenvalue weighted by Gasteiger charge is -2.32. The van der Waals surface area contributed by atoms with Gasteiger partial charge in [0, 0.05) is 55.2 Å². The number of anilines is 1. The molecule has 11 heteroatoms. The number of carbonyl (C=O) groups excluding carboxylic acids is 2. The van der Waals surface area contributed by atoms with Gasteiger partial charge in [0.05, 0.1) is 22.0 Å². The molecular weight excluding hydrogens is 529 g/mol. The van der Waals surface area contributed by atoms with Crippen molar-refractivity contribution < 1.29 is 14.0 Å². The van der Waals surface area contributed by atoms with Crippen LogP contribution in [0.2, 0.25) is 0 Å². The number of pyridine rings is 2. The molecule has 6 rings (SSSR count). The number of carbonyl (C=O) groups is 2. The number of nitrogens with one attached hydrogen (secondary N) is 2. The zero-order valence-electron chi connectivity index (χ0n) is 21.5. The topological polar surface area (TPSA) is 113 Å². The number of piperidine rings is 1. The third-order valence-corrected chi connectivity index (χ3v) is 7.82. The molecule has 3 aromatic heterocycles. The molecule has 5 heterocycles. The number of aromatic nitrogens is 4. The molecule has 0 aliphatic carbocycles. The number of rotatable bonds is 7. The highest BCUT2D eigenvalue weighted by molar-refractivity contribution is 8.18. The van der Waals surface area contributed by atoms with Gasteiger partial charge < -0.3 is 10.2 Å². The molecule has 2 aliphatic rings. The number of halogens is 1. The first-order chi connectivity index (χ1) is 19.5. The zero-order chi connectivity index (χ0) is 27.5. The minimum atomic E-state index is -0.404. The van der Waals surface area contributed by atoms with Gasteiger partial charge in [-0.1, -0.05) is 24.3 Å². The lowest BCUT2D eigenvalue weighted by Crippen LogP contribution is -2.38. The van der Waals surface area contributed by atoms with Crippen LogP contribution in [0.25, 0.3) is 28.1 Å². The Kier molecular flexibility index (Phi) is 7.47. The standard InChI is InChI=1S/C29H26FN7O2S/c30-20-11-22(34-25(12-20)24-17-32-15-19-3-1-2-4-23(19)24)16-31-14-18-6-9-37(10-7-18)28-33-8-5-21(35-28)13-26-27(38)36-29(39)40-26/h1-5,8,11-13,15,17-18,31H,6-7,9-10,14,16H2,(H,36,38,39)/b26-13-. The van der Waals surface area contributed by atoms with E-state index in [-0.39, 0.29) is 11.1 Å². The lowest BCUT2D eigenvalue weighted by atomic mass is 9.97. The van der Waals surface area contributed by atoms with Gasteiger partial charge in [0.1, 0.15) is 5.82 Å². The summed E-state index contributed by atoms with van der Waals surface area (Å²) in [5, 5.41) is 7.31. The van der Waals surface area contributed by atoms with Gasteiger partial charge in [-0.15, -0.1) is 0 Å². The molecule has 2 saturated heterocycles. The van der Waals surface area contributed by atoms with Gasteiger partial charge in [-0.3, -0.25) is 24.9 Å². The fourth-order valence-electron chi connectivity index (χ4n) is 4.99. The molecule has 2 N–H and O–H groups in total. The Morgan fingerprint density at radius 1 is 1.10 bits per heavy atom. The highest BCUT2D eigenvalue weighted by atomic mass is 32.2. The predicted octanol–water partition coefficient (Wildman–Crippen LogP) is 4.56. The molecular formula is C29H26FN7O2S. The summed E-state index contributed by atoms with van der Waals surface area (Å²) in [5.41, 5.74) is 2.62. The molecule has 0 unspecified atom stereocenters. The summed E-state index contributed by atoms with van der Waals surface area (Å²) in [6.45, 7) is 2.87. The van der Waals surface area contributed by atoms with Crippen LogP contribution in [0.1, 0.15) is 24.2 Å². The van der Waals surface area contributed by atoms with Crippen LogP contribution in [0.4, 0.5) is 15.1 Å². The van der Waals surface area contributed by atoms with E-state index in [1.807, 2.05) is 24.3 Å². The molecule has 0 saturated carbocycles. The van der Waals surface area contributed by atoms with Crippen molar-refractivity contribution >= 4 is 45.7 Å². The van der Waals surface area contributed by atoms with E-state index in [4.69, 9.17) is 4.98 Å². The second kappa shape index (κ2) is 11.5. The van der Waals surface area contributed by atoms with Gasteiger partial charge in [-0.25, -0.2) is 14.4 Å². The van der Waals surface area contributed by atoms with E-state index in [0.29, 0.717) is 40.4 Å². The van der Waals surface area contributed by atoms with Gasteiger partial charge in [0.25, 0.3) is 11.1 Å². The quantitative estimate of drug-likeness (QED) is 0.317. The third-order valence-electron chi connectivity index (χ3n) is 7.01. The summed E-state index contributed by atoms with van der Waals surface area (Å²) in [7, 11) is 0. The maximum atomic E-state index is 14.5. The van der Waals surface area contributed by atoms with Gasteiger partial charge in [-0.05, 0) is 60.7 Å². The van der Waals surface area contributed by atoms with Gasteiger partial charge in [0.15, 0.2) is 0 Å². The first kappa shape index (κ1) is 26.0. The highest BCUT2D eigenvalue weighted by Crippen LogP contribution is 2.28. The van der Waals surface area contributed by atoms with E-state index in [9.17, 15) is 14.0 Å². The number of hydrogen-bond donors (Lipinski definition) is 2. The van der Waals surface area contributed by atoms with Crippen LogP contribution < -0.4 is 15.5 Å². The van der Waals surface area contributed by atoms with Crippen LogP contribution in [0.3, 0.4) is 0 Å². The van der Waals surface area contributed by atoms with Crippen molar-refractivity contribution in [1.29, 1.82) is 0 Å². The number of hydrogen-bond acceptors (Lipinski definition) is 9. The van der Waals surface area contributed by atoms with Crippen LogP contribution in [-0.4, -0.2) is 50.7 Å². The number of nitrogens with zero attached hydrogens (tertiary/aromatic N) is 5. The number of imide groups is 1. The number of benzene rings is 1. The Hall–Kier alpha value is -4.22. The summed E-state index contributed by atoms with van der Waals surface area (Å²) in [5.74, 6) is 0.342. The maximum Gasteiger partial charge on any atom is 0.290 e. The zero-order valence-corrected chi connectivity index (χ0v) is 22.3. The molecule has 2 fully saturated rings. The Morgan fingerprint density at radius 2 is 1.95 bits per heavy atom. The van der Waals surface area contributed by atoms with E-state index >= 15 is 0 Å². The van der Waals surface area contributed by atoms with Gasteiger partial charge in [0.2, 0.25) is 5.95 Å². The average molecular weight is 556 g/mol. The summed E-state index contributed by atoms with van der Waals surface area (Å²) >= 11 is 0.869. The predicted molar refractivity (Wildman–Crippen MR) is 153 cm³/mol. The average Bonchev–Trinajstić information content (AvgIpc) is 3.28. The van der Waals surface area contributed by atoms with Crippen LogP contribution in [0.15, 0.2) is 66.0 Å². The second-order valence-corrected chi connectivity index (χ2v) is 10.8. The fraction of sp³-hybridized carbons (Fsp3) is 0.241. The number of thioether (sulfide) groups is 1. The molecule has 1 aromatic carbocycles. The third kappa shape index (κ3) is 5.85. The highest BCUT2D eigenvalue weighted by Gasteiger charge is 2.26. The normalized spacial score (nSPS) is 17.1. The number of fused-ring (bicyclic) bond motifs is 1. The van der Waals surface area contributed by atoms with E-state index in [2.05, 4.69) is 30.5 Å². The molecule has 0 bridgehead atoms. The van der Waals surface area contributed by atoms with Crippen molar-refractivity contribution in [2.24, 2.45) is 5.92 Å². The van der Waals surface area contributed by atoms with Crippen molar-refractivity contribution in [2.75, 3.05) is 24.5 Å². The molecule has 202 valence electrons. The van der Waals surface area contributed by atoms with Crippen molar-refractivity contribution in [3.8, 4) is 11.3 Å². The van der Waals surface area contributed by atoms with Crippen LogP contribution >= 0.6 is 11.8 Å². The first-order valence-corrected chi connectivity index (χ1v) is 13.9. The van der Waals surface area contributed by atoms with Crippen molar-refractivity contribution in [2.45, 2.75) is 19.4 Å². The van der Waals surface area contributed by atoms with Crippen molar-refractivity contribution in [3.05, 3.63) is 83.2 Å². The van der Waals surface area contributed by atoms with Crippen molar-refractivity contribution in [3.63, 3.8) is 0 Å². The lowest BCUT2D eigenvalue weighted by molar-refractivity contribution is -0.115. The molecule has 2 aliphatic heterocycles. The minimum Gasteiger partial charge on any atom is -0.341 e. The summed E-state index contributed by atoms with van der Waals surface area (Å²) in [6.07, 6.45) is 8.71. The Bertz CT molecular complexity index is 1620. The molecule has 0 atom stereocenters. The van der Waals surface area contributed by atoms with Gasteiger partial charge >= 0.3 is 0 Å². The Balaban J connectivity index is 1.04. The fourth-order valence-corrected chi connectivity index (χ4v) is 5.66. The summed E-state index contributed by atoms with van der Waals surface area (Å²) < 4.78 is 14.5. The van der Waals surface area contributed by atoms with E-state index < -0.39 is 5.91 Å².